The van der Waals surface area contributed by atoms with Crippen molar-refractivity contribution in [3.63, 3.8) is 0 Å². The van der Waals surface area contributed by atoms with Gasteiger partial charge >= 0.3 is 6.09 Å². The molecular weight excluding hydrogens is 753 g/mol. The van der Waals surface area contributed by atoms with Gasteiger partial charge in [-0.2, -0.15) is 0 Å². The summed E-state index contributed by atoms with van der Waals surface area (Å²) in [5.41, 5.74) is 6.36. The van der Waals surface area contributed by atoms with Crippen LogP contribution in [0.2, 0.25) is 0 Å². The minimum Gasteiger partial charge on any atom is -0.453 e. The Balaban J connectivity index is 0.814. The van der Waals surface area contributed by atoms with E-state index in [0.717, 1.165) is 118 Å². The number of nitrogens with zero attached hydrogens (tertiary/aromatic N) is 5. The first kappa shape index (κ1) is 39.7. The maximum absolute atomic E-state index is 14.3. The average Bonchev–Trinajstić information content (AvgIpc) is 4.16. The minimum absolute atomic E-state index is 0.0533. The van der Waals surface area contributed by atoms with Gasteiger partial charge in [-0.05, 0) is 105 Å². The highest BCUT2D eigenvalue weighted by molar-refractivity contribution is 5.87. The van der Waals surface area contributed by atoms with Crippen molar-refractivity contribution in [1.29, 1.82) is 0 Å². The fraction of sp³-hybridized carbons (Fsp3) is 0.438. The second-order valence-electron chi connectivity index (χ2n) is 17.0. The summed E-state index contributed by atoms with van der Waals surface area (Å²) in [6.07, 6.45) is 13.4. The van der Waals surface area contributed by atoms with Gasteiger partial charge in [-0.15, -0.1) is 0 Å². The Morgan fingerprint density at radius 2 is 1.23 bits per heavy atom. The van der Waals surface area contributed by atoms with Crippen LogP contribution in [0.15, 0.2) is 97.3 Å². The third-order valence-corrected chi connectivity index (χ3v) is 13.5. The number of carbonyl (C=O) groups is 3. The third-order valence-electron chi connectivity index (χ3n) is 13.5. The van der Waals surface area contributed by atoms with Gasteiger partial charge in [0.15, 0.2) is 0 Å². The van der Waals surface area contributed by atoms with Gasteiger partial charge in [-0.3, -0.25) is 14.5 Å². The number of benzene rings is 3. The molecule has 60 heavy (non-hydrogen) atoms. The first-order valence-corrected chi connectivity index (χ1v) is 21.9. The van der Waals surface area contributed by atoms with Gasteiger partial charge in [0.1, 0.15) is 23.7 Å². The standard InChI is InChI=1S/C48H56N8O4/c1-60-48(59)53-42(36-12-4-2-5-13-36)46(57)55-28-10-16-40(55)44-49-30-38(51-44)34-22-18-32(19-23-34)33-20-24-35(25-21-33)39-31-50-45(52-39)41-17-11-29-56(41)47(58)43(54-26-8-9-27-54)37-14-6-3-7-15-37/h2-7,12-15,20-21,24-25,30-32,34,40-43H,8-11,16-19,22-23,26-29H2,1H3,(H,49,51)(H,50,52)(H,53,59)/t32?,34?,40-,41-,42+,43+/m0/s1. The quantitative estimate of drug-likeness (QED) is 0.122. The molecule has 3 saturated heterocycles. The maximum atomic E-state index is 14.3. The van der Waals surface area contributed by atoms with E-state index < -0.39 is 12.1 Å². The van der Waals surface area contributed by atoms with E-state index in [2.05, 4.69) is 61.5 Å². The predicted octanol–water partition coefficient (Wildman–Crippen LogP) is 8.50. The van der Waals surface area contributed by atoms with E-state index in [-0.39, 0.29) is 29.9 Å². The van der Waals surface area contributed by atoms with Gasteiger partial charge in [0, 0.05) is 30.9 Å². The lowest BCUT2D eigenvalue weighted by atomic mass is 9.77. The number of carbonyl (C=O) groups excluding carboxylic acids is 3. The Kier molecular flexibility index (Phi) is 11.8. The van der Waals surface area contributed by atoms with Crippen LogP contribution in [0.3, 0.4) is 0 Å². The Bertz CT molecular complexity index is 2230. The van der Waals surface area contributed by atoms with E-state index in [1.807, 2.05) is 65.8 Å². The van der Waals surface area contributed by atoms with Gasteiger partial charge in [0.25, 0.3) is 5.91 Å². The zero-order chi connectivity index (χ0) is 41.0. The molecule has 4 atom stereocenters. The number of nitrogens with one attached hydrogen (secondary N) is 3. The second-order valence-corrected chi connectivity index (χ2v) is 17.0. The first-order valence-electron chi connectivity index (χ1n) is 21.9. The molecule has 3 N–H and O–H groups in total. The van der Waals surface area contributed by atoms with Crippen LogP contribution < -0.4 is 5.32 Å². The molecule has 0 unspecified atom stereocenters. The van der Waals surface area contributed by atoms with Crippen molar-refractivity contribution in [1.82, 2.24) is 40.0 Å². The molecule has 9 rings (SSSR count). The van der Waals surface area contributed by atoms with E-state index in [0.29, 0.717) is 23.9 Å². The highest BCUT2D eigenvalue weighted by Gasteiger charge is 2.40. The molecule has 0 spiro atoms. The van der Waals surface area contributed by atoms with Crippen LogP contribution in [-0.2, 0) is 14.3 Å². The summed E-state index contributed by atoms with van der Waals surface area (Å²) in [7, 11) is 1.30. The number of hydrogen-bond donors (Lipinski definition) is 3. The molecule has 312 valence electrons. The molecule has 4 aliphatic rings. The number of methoxy groups -OCH3 is 1. The Hall–Kier alpha value is -5.75. The molecule has 1 saturated carbocycles. The molecule has 3 aliphatic heterocycles. The summed E-state index contributed by atoms with van der Waals surface area (Å²) in [5, 5.41) is 2.75. The fourth-order valence-corrected chi connectivity index (χ4v) is 10.3. The highest BCUT2D eigenvalue weighted by Crippen LogP contribution is 2.42. The average molecular weight is 809 g/mol. The molecule has 4 fully saturated rings. The molecule has 5 aromatic rings. The Morgan fingerprint density at radius 3 is 1.88 bits per heavy atom. The van der Waals surface area contributed by atoms with Crippen molar-refractivity contribution in [2.24, 2.45) is 0 Å². The monoisotopic (exact) mass is 808 g/mol. The SMILES string of the molecule is COC(=O)N[C@@H](C(=O)N1CCC[C@H]1c1ncc(C2CCC(c3ccc(-c4cnc([C@@H]5CCCN5C(=O)[C@@H](c5ccccc5)N5CCCC5)[nH]4)cc3)CC2)[nH]1)c1ccccc1. The first-order chi connectivity index (χ1) is 29.4. The van der Waals surface area contributed by atoms with E-state index in [1.54, 1.807) is 0 Å². The molecule has 3 amide bonds. The number of amides is 3. The molecule has 1 aliphatic carbocycles. The molecule has 3 aromatic carbocycles. The van der Waals surface area contributed by atoms with Crippen molar-refractivity contribution in [2.45, 2.75) is 100 Å². The van der Waals surface area contributed by atoms with Gasteiger partial charge in [0.05, 0.1) is 31.1 Å². The van der Waals surface area contributed by atoms with E-state index in [9.17, 15) is 14.4 Å². The van der Waals surface area contributed by atoms with Crippen LogP contribution in [-0.4, -0.2) is 85.8 Å². The van der Waals surface area contributed by atoms with Crippen LogP contribution in [0.4, 0.5) is 4.79 Å². The minimum atomic E-state index is -0.840. The number of likely N-dealkylation sites (tertiary alicyclic amines) is 3. The number of alkyl carbamates (subject to hydrolysis) is 1. The molecule has 12 nitrogen and oxygen atoms in total. The van der Waals surface area contributed by atoms with Crippen LogP contribution in [0.1, 0.15) is 134 Å². The van der Waals surface area contributed by atoms with Gasteiger partial charge in [0.2, 0.25) is 5.91 Å². The molecule has 2 aromatic heterocycles. The van der Waals surface area contributed by atoms with E-state index in [1.165, 1.54) is 12.7 Å². The summed E-state index contributed by atoms with van der Waals surface area (Å²) in [5.74, 6) is 2.57. The number of ether oxygens (including phenoxy) is 1. The second kappa shape index (κ2) is 17.8. The van der Waals surface area contributed by atoms with Gasteiger partial charge < -0.3 is 29.8 Å². The summed E-state index contributed by atoms with van der Waals surface area (Å²) in [6, 6.07) is 27.2. The number of aromatic nitrogens is 4. The van der Waals surface area contributed by atoms with E-state index in [4.69, 9.17) is 14.7 Å². The Morgan fingerprint density at radius 1 is 0.650 bits per heavy atom. The van der Waals surface area contributed by atoms with Crippen LogP contribution in [0.25, 0.3) is 11.3 Å². The number of imidazole rings is 2. The zero-order valence-corrected chi connectivity index (χ0v) is 34.5. The smallest absolute Gasteiger partial charge is 0.407 e. The molecule has 5 heterocycles. The topological polar surface area (TPSA) is 140 Å². The number of aromatic amines is 2. The molecular formula is C48H56N8O4. The van der Waals surface area contributed by atoms with Gasteiger partial charge in [-0.1, -0.05) is 84.9 Å². The lowest BCUT2D eigenvalue weighted by Crippen LogP contribution is -2.42. The predicted molar refractivity (Wildman–Crippen MR) is 229 cm³/mol. The zero-order valence-electron chi connectivity index (χ0n) is 34.5. The largest absolute Gasteiger partial charge is 0.453 e. The summed E-state index contributed by atoms with van der Waals surface area (Å²) < 4.78 is 4.86. The van der Waals surface area contributed by atoms with Crippen molar-refractivity contribution in [2.75, 3.05) is 33.3 Å². The lowest BCUT2D eigenvalue weighted by Gasteiger charge is -2.33. The van der Waals surface area contributed by atoms with Crippen molar-refractivity contribution < 1.29 is 19.1 Å². The number of H-pyrrole nitrogens is 2. The highest BCUT2D eigenvalue weighted by atomic mass is 16.5. The third kappa shape index (κ3) is 8.22. The fourth-order valence-electron chi connectivity index (χ4n) is 10.3. The molecule has 12 heteroatoms. The van der Waals surface area contributed by atoms with Crippen LogP contribution in [0.5, 0.6) is 0 Å². The van der Waals surface area contributed by atoms with Crippen molar-refractivity contribution in [3.8, 4) is 11.3 Å². The number of hydrogen-bond acceptors (Lipinski definition) is 7. The van der Waals surface area contributed by atoms with Crippen LogP contribution in [0, 0.1) is 0 Å². The summed E-state index contributed by atoms with van der Waals surface area (Å²) in [6.45, 7) is 3.27. The van der Waals surface area contributed by atoms with Crippen molar-refractivity contribution >= 4 is 17.9 Å². The molecule has 0 radical (unpaired) electrons. The van der Waals surface area contributed by atoms with Crippen molar-refractivity contribution in [3.05, 3.63) is 131 Å². The lowest BCUT2D eigenvalue weighted by molar-refractivity contribution is -0.138. The normalized spacial score (nSPS) is 23.1. The molecule has 0 bridgehead atoms. The van der Waals surface area contributed by atoms with Gasteiger partial charge in [-0.25, -0.2) is 14.8 Å². The maximum Gasteiger partial charge on any atom is 0.407 e. The number of rotatable bonds is 11. The van der Waals surface area contributed by atoms with E-state index >= 15 is 0 Å². The summed E-state index contributed by atoms with van der Waals surface area (Å²) in [4.78, 5) is 63.6. The van der Waals surface area contributed by atoms with Crippen LogP contribution >= 0.6 is 0 Å². The Labute approximate surface area is 352 Å². The summed E-state index contributed by atoms with van der Waals surface area (Å²) >= 11 is 0.